The van der Waals surface area contributed by atoms with Crippen molar-refractivity contribution in [3.63, 3.8) is 0 Å². The minimum absolute atomic E-state index is 0.186. The second kappa shape index (κ2) is 7.28. The molecule has 0 aliphatic heterocycles. The zero-order valence-corrected chi connectivity index (χ0v) is 14.2. The molecule has 0 saturated carbocycles. The minimum Gasteiger partial charge on any atom is -0.494 e. The predicted molar refractivity (Wildman–Crippen MR) is 91.3 cm³/mol. The van der Waals surface area contributed by atoms with Gasteiger partial charge in [-0.05, 0) is 62.7 Å². The van der Waals surface area contributed by atoms with Gasteiger partial charge in [-0.1, -0.05) is 17.7 Å². The van der Waals surface area contributed by atoms with Crippen LogP contribution < -0.4 is 9.57 Å². The molecule has 0 fully saturated rings. The summed E-state index contributed by atoms with van der Waals surface area (Å²) in [6.07, 6.45) is 0. The zero-order chi connectivity index (χ0) is 16.9. The van der Waals surface area contributed by atoms with E-state index in [2.05, 4.69) is 9.93 Å². The summed E-state index contributed by atoms with van der Waals surface area (Å²) in [6, 6.07) is 13.9. The van der Waals surface area contributed by atoms with Crippen molar-refractivity contribution in [3.05, 3.63) is 59.7 Å². The van der Waals surface area contributed by atoms with Crippen LogP contribution in [0.3, 0.4) is 0 Å². The molecule has 6 heteroatoms. The molecule has 122 valence electrons. The number of hydrogen-bond donors (Lipinski definition) is 1. The van der Waals surface area contributed by atoms with Gasteiger partial charge in [0.05, 0.1) is 17.2 Å². The molecule has 2 aromatic rings. The van der Waals surface area contributed by atoms with Crippen LogP contribution in [0.15, 0.2) is 58.5 Å². The highest BCUT2D eigenvalue weighted by molar-refractivity contribution is 7.89. The Labute approximate surface area is 137 Å². The molecule has 0 aromatic heterocycles. The number of benzene rings is 2. The summed E-state index contributed by atoms with van der Waals surface area (Å²) in [5, 5.41) is 3.98. The van der Waals surface area contributed by atoms with E-state index >= 15 is 0 Å². The van der Waals surface area contributed by atoms with Gasteiger partial charge in [0, 0.05) is 0 Å². The van der Waals surface area contributed by atoms with Crippen molar-refractivity contribution in [2.75, 3.05) is 6.61 Å². The third kappa shape index (κ3) is 4.56. The highest BCUT2D eigenvalue weighted by atomic mass is 32.2. The van der Waals surface area contributed by atoms with Gasteiger partial charge in [0.25, 0.3) is 10.0 Å². The molecule has 2 aromatic carbocycles. The molecular weight excluding hydrogens is 312 g/mol. The summed E-state index contributed by atoms with van der Waals surface area (Å²) in [5.41, 5.74) is 2.39. The average Bonchev–Trinajstić information content (AvgIpc) is 2.54. The number of nitrogens with one attached hydrogen (secondary N) is 1. The van der Waals surface area contributed by atoms with Gasteiger partial charge in [0.1, 0.15) is 5.75 Å². The standard InChI is InChI=1S/C17H20N2O3S/c1-4-22-16-9-7-15(8-10-16)14(3)18-19-23(20,21)17-11-5-13(2)6-12-17/h5-12,19H,4H2,1-3H3/b18-14-. The number of hydrazone groups is 1. The first-order chi connectivity index (χ1) is 10.9. The lowest BCUT2D eigenvalue weighted by molar-refractivity contribution is 0.340. The summed E-state index contributed by atoms with van der Waals surface area (Å²) in [4.78, 5) is 2.45. The monoisotopic (exact) mass is 332 g/mol. The van der Waals surface area contributed by atoms with E-state index in [1.807, 2.05) is 38.1 Å². The predicted octanol–water partition coefficient (Wildman–Crippen LogP) is 3.10. The van der Waals surface area contributed by atoms with Gasteiger partial charge in [0.15, 0.2) is 0 Å². The van der Waals surface area contributed by atoms with Gasteiger partial charge in [-0.3, -0.25) is 0 Å². The molecule has 0 heterocycles. The topological polar surface area (TPSA) is 67.8 Å². The summed E-state index contributed by atoms with van der Waals surface area (Å²) in [7, 11) is -3.66. The first kappa shape index (κ1) is 17.0. The normalized spacial score (nSPS) is 12.0. The quantitative estimate of drug-likeness (QED) is 0.653. The molecule has 2 rings (SSSR count). The Kier molecular flexibility index (Phi) is 5.39. The largest absolute Gasteiger partial charge is 0.494 e. The molecule has 0 unspecified atom stereocenters. The van der Waals surface area contributed by atoms with E-state index in [0.29, 0.717) is 12.3 Å². The Morgan fingerprint density at radius 3 is 2.26 bits per heavy atom. The second-order valence-electron chi connectivity index (χ2n) is 5.06. The molecule has 5 nitrogen and oxygen atoms in total. The van der Waals surface area contributed by atoms with E-state index in [1.54, 1.807) is 31.2 Å². The molecule has 0 atom stereocenters. The van der Waals surface area contributed by atoms with Crippen LogP contribution in [0.4, 0.5) is 0 Å². The van der Waals surface area contributed by atoms with Crippen LogP contribution >= 0.6 is 0 Å². The van der Waals surface area contributed by atoms with Crippen LogP contribution in [0.2, 0.25) is 0 Å². The third-order valence-electron chi connectivity index (χ3n) is 3.25. The molecular formula is C17H20N2O3S. The van der Waals surface area contributed by atoms with E-state index in [-0.39, 0.29) is 4.90 Å². The van der Waals surface area contributed by atoms with Crippen molar-refractivity contribution in [2.45, 2.75) is 25.7 Å². The molecule has 0 saturated heterocycles. The number of nitrogens with zero attached hydrogens (tertiary/aromatic N) is 1. The SMILES string of the molecule is CCOc1ccc(/C(C)=N\NS(=O)(=O)c2ccc(C)cc2)cc1. The molecule has 23 heavy (non-hydrogen) atoms. The molecule has 0 spiro atoms. The Balaban J connectivity index is 2.13. The van der Waals surface area contributed by atoms with Crippen LogP contribution in [0.5, 0.6) is 5.75 Å². The minimum atomic E-state index is -3.66. The van der Waals surface area contributed by atoms with Gasteiger partial charge in [-0.15, -0.1) is 0 Å². The maximum atomic E-state index is 12.2. The van der Waals surface area contributed by atoms with Crippen molar-refractivity contribution in [2.24, 2.45) is 5.10 Å². The van der Waals surface area contributed by atoms with Crippen LogP contribution in [0.1, 0.15) is 25.0 Å². The fourth-order valence-electron chi connectivity index (χ4n) is 1.92. The fraction of sp³-hybridized carbons (Fsp3) is 0.235. The van der Waals surface area contributed by atoms with Crippen molar-refractivity contribution >= 4 is 15.7 Å². The van der Waals surface area contributed by atoms with Gasteiger partial charge in [-0.2, -0.15) is 18.4 Å². The zero-order valence-electron chi connectivity index (χ0n) is 13.4. The van der Waals surface area contributed by atoms with E-state index in [0.717, 1.165) is 16.9 Å². The van der Waals surface area contributed by atoms with Crippen molar-refractivity contribution in [1.29, 1.82) is 0 Å². The molecule has 0 aliphatic rings. The molecule has 0 aliphatic carbocycles. The van der Waals surface area contributed by atoms with E-state index in [1.165, 1.54) is 0 Å². The van der Waals surface area contributed by atoms with Crippen molar-refractivity contribution in [3.8, 4) is 5.75 Å². The lowest BCUT2D eigenvalue weighted by atomic mass is 10.1. The molecule has 0 radical (unpaired) electrons. The highest BCUT2D eigenvalue weighted by Gasteiger charge is 2.12. The Bertz CT molecular complexity index is 780. The Morgan fingerprint density at radius 2 is 1.70 bits per heavy atom. The first-order valence-corrected chi connectivity index (χ1v) is 8.76. The summed E-state index contributed by atoms with van der Waals surface area (Å²) < 4.78 is 29.7. The van der Waals surface area contributed by atoms with E-state index in [4.69, 9.17) is 4.74 Å². The number of sulfonamides is 1. The van der Waals surface area contributed by atoms with Crippen LogP contribution in [0, 0.1) is 6.92 Å². The fourth-order valence-corrected chi connectivity index (χ4v) is 2.78. The number of aryl methyl sites for hydroxylation is 1. The van der Waals surface area contributed by atoms with Crippen LogP contribution in [0.25, 0.3) is 0 Å². The van der Waals surface area contributed by atoms with Crippen molar-refractivity contribution < 1.29 is 13.2 Å². The van der Waals surface area contributed by atoms with Gasteiger partial charge >= 0.3 is 0 Å². The maximum absolute atomic E-state index is 12.2. The van der Waals surface area contributed by atoms with Gasteiger partial charge in [0.2, 0.25) is 0 Å². The summed E-state index contributed by atoms with van der Waals surface area (Å²) in [6.45, 7) is 6.16. The number of ether oxygens (including phenoxy) is 1. The number of hydrogen-bond acceptors (Lipinski definition) is 4. The Hall–Kier alpha value is -2.34. The van der Waals surface area contributed by atoms with Crippen LogP contribution in [-0.2, 0) is 10.0 Å². The first-order valence-electron chi connectivity index (χ1n) is 7.28. The van der Waals surface area contributed by atoms with Gasteiger partial charge < -0.3 is 4.74 Å². The highest BCUT2D eigenvalue weighted by Crippen LogP contribution is 2.13. The van der Waals surface area contributed by atoms with Gasteiger partial charge in [-0.25, -0.2) is 0 Å². The van der Waals surface area contributed by atoms with Crippen LogP contribution in [-0.4, -0.2) is 20.7 Å². The smallest absolute Gasteiger partial charge is 0.276 e. The lowest BCUT2D eigenvalue weighted by Crippen LogP contribution is -2.19. The molecule has 0 bridgehead atoms. The average molecular weight is 332 g/mol. The summed E-state index contributed by atoms with van der Waals surface area (Å²) >= 11 is 0. The third-order valence-corrected chi connectivity index (χ3v) is 4.47. The second-order valence-corrected chi connectivity index (χ2v) is 6.72. The lowest BCUT2D eigenvalue weighted by Gasteiger charge is -2.07. The van der Waals surface area contributed by atoms with E-state index in [9.17, 15) is 8.42 Å². The molecule has 0 amide bonds. The Morgan fingerprint density at radius 1 is 1.09 bits per heavy atom. The molecule has 1 N–H and O–H groups in total. The summed E-state index contributed by atoms with van der Waals surface area (Å²) in [5.74, 6) is 0.768. The number of rotatable bonds is 6. The van der Waals surface area contributed by atoms with Crippen molar-refractivity contribution in [1.82, 2.24) is 4.83 Å². The maximum Gasteiger partial charge on any atom is 0.276 e. The van der Waals surface area contributed by atoms with E-state index < -0.39 is 10.0 Å².